The molecule has 108 valence electrons. The van der Waals surface area contributed by atoms with Crippen LogP contribution in [0.15, 0.2) is 18.2 Å². The van der Waals surface area contributed by atoms with Crippen molar-refractivity contribution >= 4 is 0 Å². The molecule has 0 spiro atoms. The molecule has 0 saturated heterocycles. The zero-order valence-corrected chi connectivity index (χ0v) is 10.7. The highest BCUT2D eigenvalue weighted by Crippen LogP contribution is 2.37. The van der Waals surface area contributed by atoms with E-state index in [0.717, 1.165) is 12.1 Å². The summed E-state index contributed by atoms with van der Waals surface area (Å²) in [7, 11) is 0. The molecule has 0 amide bonds. The Labute approximate surface area is 107 Å². The van der Waals surface area contributed by atoms with Gasteiger partial charge in [-0.25, -0.2) is 0 Å². The van der Waals surface area contributed by atoms with E-state index >= 15 is 0 Å². The molecule has 0 unspecified atom stereocenters. The lowest BCUT2D eigenvalue weighted by Gasteiger charge is -2.20. The second-order valence-electron chi connectivity index (χ2n) is 5.65. The van der Waals surface area contributed by atoms with Crippen molar-refractivity contribution in [1.82, 2.24) is 0 Å². The van der Waals surface area contributed by atoms with E-state index in [1.54, 1.807) is 20.8 Å². The number of benzene rings is 1. The van der Waals surface area contributed by atoms with E-state index in [0.29, 0.717) is 0 Å². The van der Waals surface area contributed by atoms with Crippen molar-refractivity contribution in [2.75, 3.05) is 0 Å². The Hall–Kier alpha value is -1.20. The SMILES string of the molecule is CC(C)(C)Cc1cc(C(F)(F)F)cc(C(F)(F)F)c1. The number of halogens is 6. The molecule has 0 aliphatic carbocycles. The quantitative estimate of drug-likeness (QED) is 0.613. The maximum Gasteiger partial charge on any atom is 0.416 e. The van der Waals surface area contributed by atoms with Gasteiger partial charge in [0.15, 0.2) is 0 Å². The first-order valence-electron chi connectivity index (χ1n) is 5.57. The van der Waals surface area contributed by atoms with Gasteiger partial charge < -0.3 is 0 Å². The molecule has 6 heteroatoms. The molecule has 1 aromatic carbocycles. The summed E-state index contributed by atoms with van der Waals surface area (Å²) in [5.41, 5.74) is -2.88. The Morgan fingerprint density at radius 3 is 1.37 bits per heavy atom. The van der Waals surface area contributed by atoms with E-state index in [4.69, 9.17) is 0 Å². The van der Waals surface area contributed by atoms with E-state index < -0.39 is 28.9 Å². The van der Waals surface area contributed by atoms with Crippen molar-refractivity contribution in [1.29, 1.82) is 0 Å². The van der Waals surface area contributed by atoms with Crippen molar-refractivity contribution in [2.45, 2.75) is 39.5 Å². The molecule has 0 aromatic heterocycles. The van der Waals surface area contributed by atoms with E-state index in [1.807, 2.05) is 0 Å². The van der Waals surface area contributed by atoms with E-state index in [2.05, 4.69) is 0 Å². The summed E-state index contributed by atoms with van der Waals surface area (Å²) < 4.78 is 75.6. The molecule has 0 nitrogen and oxygen atoms in total. The predicted molar refractivity (Wildman–Crippen MR) is 59.6 cm³/mol. The first kappa shape index (κ1) is 15.9. The van der Waals surface area contributed by atoms with Gasteiger partial charge >= 0.3 is 12.4 Å². The van der Waals surface area contributed by atoms with Crippen molar-refractivity contribution < 1.29 is 26.3 Å². The number of hydrogen-bond donors (Lipinski definition) is 0. The van der Waals surface area contributed by atoms with Crippen LogP contribution in [0.25, 0.3) is 0 Å². The Kier molecular flexibility index (Phi) is 3.94. The van der Waals surface area contributed by atoms with Gasteiger partial charge in [-0.1, -0.05) is 20.8 Å². The van der Waals surface area contributed by atoms with Gasteiger partial charge in [-0.2, -0.15) is 26.3 Å². The predicted octanol–water partition coefficient (Wildman–Crippen LogP) is 5.31. The van der Waals surface area contributed by atoms with Crippen LogP contribution in [-0.4, -0.2) is 0 Å². The van der Waals surface area contributed by atoms with Crippen molar-refractivity contribution in [3.05, 3.63) is 34.9 Å². The average molecular weight is 284 g/mol. The standard InChI is InChI=1S/C13H14F6/c1-11(2,3)7-8-4-9(12(14,15)16)6-10(5-8)13(17,18)19/h4-6H,7H2,1-3H3. The second-order valence-corrected chi connectivity index (χ2v) is 5.65. The van der Waals surface area contributed by atoms with Crippen LogP contribution >= 0.6 is 0 Å². The van der Waals surface area contributed by atoms with E-state index in [-0.39, 0.29) is 18.1 Å². The summed E-state index contributed by atoms with van der Waals surface area (Å²) in [5, 5.41) is 0. The van der Waals surface area contributed by atoms with Crippen LogP contribution < -0.4 is 0 Å². The molecule has 1 rings (SSSR count). The lowest BCUT2D eigenvalue weighted by Crippen LogP contribution is -2.15. The average Bonchev–Trinajstić information content (AvgIpc) is 2.11. The summed E-state index contributed by atoms with van der Waals surface area (Å²) >= 11 is 0. The van der Waals surface area contributed by atoms with Gasteiger partial charge in [0.05, 0.1) is 11.1 Å². The highest BCUT2D eigenvalue weighted by atomic mass is 19.4. The van der Waals surface area contributed by atoms with Crippen molar-refractivity contribution in [2.24, 2.45) is 5.41 Å². The lowest BCUT2D eigenvalue weighted by atomic mass is 9.87. The van der Waals surface area contributed by atoms with Gasteiger partial charge in [-0.05, 0) is 35.6 Å². The van der Waals surface area contributed by atoms with Crippen LogP contribution in [0.2, 0.25) is 0 Å². The van der Waals surface area contributed by atoms with Gasteiger partial charge in [-0.15, -0.1) is 0 Å². The number of rotatable bonds is 1. The number of alkyl halides is 6. The maximum absolute atomic E-state index is 12.6. The van der Waals surface area contributed by atoms with Crippen LogP contribution in [0.5, 0.6) is 0 Å². The molecule has 0 aliphatic heterocycles. The Morgan fingerprint density at radius 1 is 0.737 bits per heavy atom. The molecule has 0 heterocycles. The van der Waals surface area contributed by atoms with Crippen LogP contribution in [-0.2, 0) is 18.8 Å². The molecule has 0 aliphatic rings. The first-order chi connectivity index (χ1) is 8.29. The Morgan fingerprint density at radius 2 is 1.11 bits per heavy atom. The van der Waals surface area contributed by atoms with Gasteiger partial charge in [-0.3, -0.25) is 0 Å². The van der Waals surface area contributed by atoms with Gasteiger partial charge in [0.2, 0.25) is 0 Å². The second kappa shape index (κ2) is 4.72. The molecule has 0 bridgehead atoms. The van der Waals surface area contributed by atoms with Crippen LogP contribution in [0.4, 0.5) is 26.3 Å². The van der Waals surface area contributed by atoms with Gasteiger partial charge in [0.25, 0.3) is 0 Å². The third-order valence-electron chi connectivity index (χ3n) is 2.38. The minimum atomic E-state index is -4.78. The van der Waals surface area contributed by atoms with Crippen molar-refractivity contribution in [3.63, 3.8) is 0 Å². The molecule has 19 heavy (non-hydrogen) atoms. The third-order valence-corrected chi connectivity index (χ3v) is 2.38. The topological polar surface area (TPSA) is 0 Å². The highest BCUT2D eigenvalue weighted by molar-refractivity contribution is 5.34. The first-order valence-corrected chi connectivity index (χ1v) is 5.57. The summed E-state index contributed by atoms with van der Waals surface area (Å²) in [4.78, 5) is 0. The van der Waals surface area contributed by atoms with E-state index in [1.165, 1.54) is 0 Å². The molecule has 0 N–H and O–H groups in total. The molecule has 0 fully saturated rings. The van der Waals surface area contributed by atoms with Gasteiger partial charge in [0.1, 0.15) is 0 Å². The lowest BCUT2D eigenvalue weighted by molar-refractivity contribution is -0.143. The van der Waals surface area contributed by atoms with Crippen LogP contribution in [0.1, 0.15) is 37.5 Å². The minimum absolute atomic E-state index is 0.0367. The normalized spacial score (nSPS) is 13.7. The fraction of sp³-hybridized carbons (Fsp3) is 0.538. The summed E-state index contributed by atoms with van der Waals surface area (Å²) in [5.74, 6) is 0. The molecule has 0 atom stereocenters. The van der Waals surface area contributed by atoms with Crippen LogP contribution in [0.3, 0.4) is 0 Å². The number of hydrogen-bond acceptors (Lipinski definition) is 0. The zero-order chi connectivity index (χ0) is 15.1. The largest absolute Gasteiger partial charge is 0.416 e. The monoisotopic (exact) mass is 284 g/mol. The molecule has 0 radical (unpaired) electrons. The van der Waals surface area contributed by atoms with E-state index in [9.17, 15) is 26.3 Å². The molecular formula is C13H14F6. The molecule has 0 saturated carbocycles. The van der Waals surface area contributed by atoms with Crippen molar-refractivity contribution in [3.8, 4) is 0 Å². The Bertz CT molecular complexity index is 415. The minimum Gasteiger partial charge on any atom is -0.166 e. The zero-order valence-electron chi connectivity index (χ0n) is 10.7. The highest BCUT2D eigenvalue weighted by Gasteiger charge is 2.37. The van der Waals surface area contributed by atoms with Gasteiger partial charge in [0, 0.05) is 0 Å². The fourth-order valence-electron chi connectivity index (χ4n) is 1.73. The summed E-state index contributed by atoms with van der Waals surface area (Å²) in [6.45, 7) is 5.25. The third kappa shape index (κ3) is 4.76. The van der Waals surface area contributed by atoms with Crippen LogP contribution in [0, 0.1) is 5.41 Å². The molecular weight excluding hydrogens is 270 g/mol. The fourth-order valence-corrected chi connectivity index (χ4v) is 1.73. The Balaban J connectivity index is 3.33. The smallest absolute Gasteiger partial charge is 0.166 e. The summed E-state index contributed by atoms with van der Waals surface area (Å²) in [6, 6.07) is 1.70. The molecule has 1 aromatic rings. The summed E-state index contributed by atoms with van der Waals surface area (Å²) in [6.07, 6.45) is -9.43. The maximum atomic E-state index is 12.6.